The number of benzene rings is 1. The van der Waals surface area contributed by atoms with Crippen LogP contribution >= 0.6 is 0 Å². The van der Waals surface area contributed by atoms with E-state index in [1.807, 2.05) is 12.1 Å². The van der Waals surface area contributed by atoms with Crippen LogP contribution in [0.4, 0.5) is 0 Å². The molecule has 1 saturated carbocycles. The van der Waals surface area contributed by atoms with Gasteiger partial charge in [-0.3, -0.25) is 0 Å². The molecule has 1 fully saturated rings. The zero-order valence-electron chi connectivity index (χ0n) is 9.45. The predicted octanol–water partition coefficient (Wildman–Crippen LogP) is 3.76. The van der Waals surface area contributed by atoms with E-state index >= 15 is 0 Å². The molecular formula is C14H20O. The Labute approximate surface area is 92.1 Å². The van der Waals surface area contributed by atoms with Crippen molar-refractivity contribution in [2.24, 2.45) is 11.8 Å². The van der Waals surface area contributed by atoms with E-state index in [2.05, 4.69) is 6.92 Å². The van der Waals surface area contributed by atoms with Crippen molar-refractivity contribution >= 4 is 0 Å². The first kappa shape index (κ1) is 10.5. The SMILES string of the molecule is CC1CCC(Cc2ccc(O)cc2)CC1. The summed E-state index contributed by atoms with van der Waals surface area (Å²) in [5.74, 6) is 2.17. The van der Waals surface area contributed by atoms with Gasteiger partial charge < -0.3 is 5.11 Å². The molecule has 0 unspecified atom stereocenters. The minimum absolute atomic E-state index is 0.371. The molecule has 15 heavy (non-hydrogen) atoms. The monoisotopic (exact) mass is 204 g/mol. The molecule has 0 atom stereocenters. The Morgan fingerprint density at radius 3 is 2.27 bits per heavy atom. The zero-order chi connectivity index (χ0) is 10.7. The zero-order valence-corrected chi connectivity index (χ0v) is 9.45. The van der Waals surface area contributed by atoms with Crippen LogP contribution in [-0.2, 0) is 6.42 Å². The summed E-state index contributed by atoms with van der Waals surface area (Å²) in [6, 6.07) is 7.68. The maximum Gasteiger partial charge on any atom is 0.115 e. The average Bonchev–Trinajstić information content (AvgIpc) is 2.25. The van der Waals surface area contributed by atoms with E-state index in [-0.39, 0.29) is 0 Å². The lowest BCUT2D eigenvalue weighted by Crippen LogP contribution is -2.14. The van der Waals surface area contributed by atoms with Crippen LogP contribution in [-0.4, -0.2) is 5.11 Å². The maximum atomic E-state index is 9.20. The second kappa shape index (κ2) is 4.69. The van der Waals surface area contributed by atoms with E-state index in [0.717, 1.165) is 11.8 Å². The minimum Gasteiger partial charge on any atom is -0.508 e. The number of rotatable bonds is 2. The van der Waals surface area contributed by atoms with E-state index in [0.29, 0.717) is 5.75 Å². The van der Waals surface area contributed by atoms with Gasteiger partial charge in [0.05, 0.1) is 0 Å². The van der Waals surface area contributed by atoms with Crippen molar-refractivity contribution in [3.8, 4) is 5.75 Å². The van der Waals surface area contributed by atoms with Crippen LogP contribution in [0.15, 0.2) is 24.3 Å². The smallest absolute Gasteiger partial charge is 0.115 e. The van der Waals surface area contributed by atoms with Crippen molar-refractivity contribution in [2.45, 2.75) is 39.0 Å². The Morgan fingerprint density at radius 2 is 1.67 bits per heavy atom. The van der Waals surface area contributed by atoms with Gasteiger partial charge in [-0.2, -0.15) is 0 Å². The molecule has 0 spiro atoms. The highest BCUT2D eigenvalue weighted by atomic mass is 16.3. The van der Waals surface area contributed by atoms with Crippen LogP contribution in [0, 0.1) is 11.8 Å². The molecule has 0 radical (unpaired) electrons. The third-order valence-electron chi connectivity index (χ3n) is 3.60. The van der Waals surface area contributed by atoms with Gasteiger partial charge in [-0.1, -0.05) is 31.9 Å². The number of phenolic OH excluding ortho intramolecular Hbond substituents is 1. The van der Waals surface area contributed by atoms with E-state index in [4.69, 9.17) is 0 Å². The van der Waals surface area contributed by atoms with Crippen molar-refractivity contribution in [3.05, 3.63) is 29.8 Å². The van der Waals surface area contributed by atoms with Gasteiger partial charge in [0.1, 0.15) is 5.75 Å². The summed E-state index contributed by atoms with van der Waals surface area (Å²) >= 11 is 0. The molecule has 0 aromatic heterocycles. The summed E-state index contributed by atoms with van der Waals surface area (Å²) in [5.41, 5.74) is 1.37. The summed E-state index contributed by atoms with van der Waals surface area (Å²) in [6.07, 6.45) is 6.72. The first-order valence-corrected chi connectivity index (χ1v) is 6.02. The quantitative estimate of drug-likeness (QED) is 0.777. The molecule has 1 aliphatic carbocycles. The summed E-state index contributed by atoms with van der Waals surface area (Å²) < 4.78 is 0. The van der Waals surface area contributed by atoms with Gasteiger partial charge in [0.15, 0.2) is 0 Å². The van der Waals surface area contributed by atoms with Crippen molar-refractivity contribution < 1.29 is 5.11 Å². The van der Waals surface area contributed by atoms with Gasteiger partial charge >= 0.3 is 0 Å². The predicted molar refractivity (Wildman–Crippen MR) is 62.9 cm³/mol. The van der Waals surface area contributed by atoms with E-state index in [1.54, 1.807) is 12.1 Å². The third kappa shape index (κ3) is 2.98. The average molecular weight is 204 g/mol. The summed E-state index contributed by atoms with van der Waals surface area (Å²) in [6.45, 7) is 2.36. The van der Waals surface area contributed by atoms with Crippen LogP contribution in [0.2, 0.25) is 0 Å². The van der Waals surface area contributed by atoms with Crippen molar-refractivity contribution in [2.75, 3.05) is 0 Å². The lowest BCUT2D eigenvalue weighted by Gasteiger charge is -2.26. The number of aromatic hydroxyl groups is 1. The van der Waals surface area contributed by atoms with E-state index in [1.165, 1.54) is 37.7 Å². The summed E-state index contributed by atoms with van der Waals surface area (Å²) in [7, 11) is 0. The van der Waals surface area contributed by atoms with Crippen LogP contribution in [0.1, 0.15) is 38.2 Å². The van der Waals surface area contributed by atoms with E-state index in [9.17, 15) is 5.11 Å². The Bertz CT molecular complexity index is 294. The molecular weight excluding hydrogens is 184 g/mol. The van der Waals surface area contributed by atoms with Crippen LogP contribution < -0.4 is 0 Å². The number of hydrogen-bond donors (Lipinski definition) is 1. The Balaban J connectivity index is 1.89. The molecule has 1 aromatic carbocycles. The summed E-state index contributed by atoms with van der Waals surface area (Å²) in [5, 5.41) is 9.20. The molecule has 2 rings (SSSR count). The number of hydrogen-bond acceptors (Lipinski definition) is 1. The molecule has 0 aliphatic heterocycles. The Kier molecular flexibility index (Phi) is 3.30. The van der Waals surface area contributed by atoms with Crippen molar-refractivity contribution in [3.63, 3.8) is 0 Å². The molecule has 0 heterocycles. The summed E-state index contributed by atoms with van der Waals surface area (Å²) in [4.78, 5) is 0. The van der Waals surface area contributed by atoms with E-state index < -0.39 is 0 Å². The van der Waals surface area contributed by atoms with Gasteiger partial charge in [0.2, 0.25) is 0 Å². The second-order valence-corrected chi connectivity index (χ2v) is 5.00. The molecule has 1 N–H and O–H groups in total. The highest BCUT2D eigenvalue weighted by molar-refractivity contribution is 5.26. The largest absolute Gasteiger partial charge is 0.508 e. The lowest BCUT2D eigenvalue weighted by atomic mass is 9.80. The molecule has 0 bridgehead atoms. The van der Waals surface area contributed by atoms with Crippen LogP contribution in [0.3, 0.4) is 0 Å². The van der Waals surface area contributed by atoms with Gasteiger partial charge in [-0.05, 0) is 48.8 Å². The highest BCUT2D eigenvalue weighted by Crippen LogP contribution is 2.30. The van der Waals surface area contributed by atoms with Crippen LogP contribution in [0.25, 0.3) is 0 Å². The Hall–Kier alpha value is -0.980. The van der Waals surface area contributed by atoms with Gasteiger partial charge in [-0.15, -0.1) is 0 Å². The standard InChI is InChI=1S/C14H20O/c1-11-2-4-12(5-3-11)10-13-6-8-14(15)9-7-13/h6-9,11-12,15H,2-5,10H2,1H3. The van der Waals surface area contributed by atoms with Crippen LogP contribution in [0.5, 0.6) is 5.75 Å². The molecule has 0 amide bonds. The maximum absolute atomic E-state index is 9.20. The number of phenols is 1. The van der Waals surface area contributed by atoms with Gasteiger partial charge in [0, 0.05) is 0 Å². The fourth-order valence-corrected chi connectivity index (χ4v) is 2.50. The highest BCUT2D eigenvalue weighted by Gasteiger charge is 2.18. The normalized spacial score (nSPS) is 26.5. The topological polar surface area (TPSA) is 20.2 Å². The van der Waals surface area contributed by atoms with Crippen molar-refractivity contribution in [1.29, 1.82) is 0 Å². The second-order valence-electron chi connectivity index (χ2n) is 5.00. The lowest BCUT2D eigenvalue weighted by molar-refractivity contribution is 0.289. The third-order valence-corrected chi connectivity index (χ3v) is 3.60. The minimum atomic E-state index is 0.371. The fourth-order valence-electron chi connectivity index (χ4n) is 2.50. The van der Waals surface area contributed by atoms with Crippen molar-refractivity contribution in [1.82, 2.24) is 0 Å². The molecule has 0 saturated heterocycles. The van der Waals surface area contributed by atoms with Gasteiger partial charge in [-0.25, -0.2) is 0 Å². The molecule has 1 nitrogen and oxygen atoms in total. The molecule has 1 aromatic rings. The Morgan fingerprint density at radius 1 is 1.07 bits per heavy atom. The first-order chi connectivity index (χ1) is 7.24. The fraction of sp³-hybridized carbons (Fsp3) is 0.571. The molecule has 1 heteroatoms. The first-order valence-electron chi connectivity index (χ1n) is 6.02. The molecule has 82 valence electrons. The molecule has 1 aliphatic rings. The van der Waals surface area contributed by atoms with Gasteiger partial charge in [0.25, 0.3) is 0 Å².